The van der Waals surface area contributed by atoms with Crippen molar-refractivity contribution < 1.29 is 14.5 Å². The Morgan fingerprint density at radius 2 is 1.67 bits per heavy atom. The van der Waals surface area contributed by atoms with E-state index in [-0.39, 0.29) is 35.0 Å². The van der Waals surface area contributed by atoms with Crippen molar-refractivity contribution in [2.75, 3.05) is 16.8 Å². The topological polar surface area (TPSA) is 92.6 Å². The van der Waals surface area contributed by atoms with Crippen LogP contribution in [0.1, 0.15) is 31.2 Å². The molecule has 1 aliphatic heterocycles. The Morgan fingerprint density at radius 1 is 1.03 bits per heavy atom. The van der Waals surface area contributed by atoms with Crippen LogP contribution in [0.2, 0.25) is 5.02 Å². The number of nitro groups is 1. The quantitative estimate of drug-likeness (QED) is 0.413. The summed E-state index contributed by atoms with van der Waals surface area (Å²) in [6.45, 7) is 0.494. The van der Waals surface area contributed by atoms with Gasteiger partial charge in [0.15, 0.2) is 0 Å². The lowest BCUT2D eigenvalue weighted by atomic mass is 9.81. The Hall–Kier alpha value is -2.93. The molecule has 0 aromatic heterocycles. The number of hydrogen-bond donors (Lipinski definition) is 1. The number of hydrogen-bond acceptors (Lipinski definition) is 5. The highest BCUT2D eigenvalue weighted by Gasteiger charge is 2.49. The largest absolute Gasteiger partial charge is 0.379 e. The Morgan fingerprint density at radius 3 is 2.27 bits per heavy atom. The first kappa shape index (κ1) is 20.3. The molecule has 1 saturated heterocycles. The first-order chi connectivity index (χ1) is 14.5. The number of carbonyl (C=O) groups excluding carboxylic acids is 2. The minimum Gasteiger partial charge on any atom is -0.379 e. The van der Waals surface area contributed by atoms with Crippen molar-refractivity contribution in [3.8, 4) is 0 Å². The van der Waals surface area contributed by atoms with E-state index in [1.54, 1.807) is 24.3 Å². The smallest absolute Gasteiger partial charge is 0.294 e. The minimum absolute atomic E-state index is 0.154. The lowest BCUT2D eigenvalue weighted by molar-refractivity contribution is -0.383. The third-order valence-corrected chi connectivity index (χ3v) is 6.17. The predicted octanol–water partition coefficient (Wildman–Crippen LogP) is 4.58. The summed E-state index contributed by atoms with van der Waals surface area (Å²) in [5.41, 5.74) is 1.53. The normalized spacial score (nSPS) is 20.9. The zero-order valence-electron chi connectivity index (χ0n) is 16.3. The van der Waals surface area contributed by atoms with E-state index in [0.717, 1.165) is 23.3 Å². The van der Waals surface area contributed by atoms with Gasteiger partial charge >= 0.3 is 0 Å². The van der Waals surface area contributed by atoms with Crippen LogP contribution < -0.4 is 10.2 Å². The highest BCUT2D eigenvalue weighted by atomic mass is 35.5. The zero-order valence-corrected chi connectivity index (χ0v) is 17.1. The van der Waals surface area contributed by atoms with Crippen molar-refractivity contribution in [1.29, 1.82) is 0 Å². The lowest BCUT2D eigenvalue weighted by Crippen LogP contribution is -2.30. The SMILES string of the molecule is O=C1C2CCCCC2C(=O)N1c1ccc(NCCc2ccc(Cl)cc2)c([N+](=O)[O-])c1. The standard InChI is InChI=1S/C22H22ClN3O4/c23-15-7-5-14(6-8-15)11-12-24-19-10-9-16(13-20(19)26(29)30)25-21(27)17-3-1-2-4-18(17)22(25)28/h5-10,13,17-18,24H,1-4,11-12H2. The summed E-state index contributed by atoms with van der Waals surface area (Å²) in [6, 6.07) is 11.9. The monoisotopic (exact) mass is 427 g/mol. The summed E-state index contributed by atoms with van der Waals surface area (Å²) in [4.78, 5) is 37.8. The summed E-state index contributed by atoms with van der Waals surface area (Å²) >= 11 is 5.88. The summed E-state index contributed by atoms with van der Waals surface area (Å²) in [5, 5.41) is 15.4. The lowest BCUT2D eigenvalue weighted by Gasteiger charge is -2.19. The molecule has 2 aromatic rings. The van der Waals surface area contributed by atoms with Gasteiger partial charge in [-0.25, -0.2) is 4.90 Å². The van der Waals surface area contributed by atoms with Gasteiger partial charge in [0, 0.05) is 17.6 Å². The predicted molar refractivity (Wildman–Crippen MR) is 115 cm³/mol. The van der Waals surface area contributed by atoms with E-state index in [0.29, 0.717) is 36.5 Å². The van der Waals surface area contributed by atoms with E-state index < -0.39 is 4.92 Å². The average molecular weight is 428 g/mol. The van der Waals surface area contributed by atoms with Crippen molar-refractivity contribution in [2.24, 2.45) is 11.8 Å². The van der Waals surface area contributed by atoms with Crippen LogP contribution in [0, 0.1) is 22.0 Å². The molecule has 8 heteroatoms. The highest BCUT2D eigenvalue weighted by molar-refractivity contribution is 6.30. The van der Waals surface area contributed by atoms with Crippen LogP contribution in [0.4, 0.5) is 17.1 Å². The number of benzene rings is 2. The molecule has 30 heavy (non-hydrogen) atoms. The number of amides is 2. The van der Waals surface area contributed by atoms with Crippen molar-refractivity contribution in [3.63, 3.8) is 0 Å². The maximum absolute atomic E-state index is 12.8. The molecule has 1 N–H and O–H groups in total. The van der Waals surface area contributed by atoms with Gasteiger partial charge in [0.1, 0.15) is 5.69 Å². The van der Waals surface area contributed by atoms with Crippen LogP contribution in [0.25, 0.3) is 0 Å². The van der Waals surface area contributed by atoms with Crippen molar-refractivity contribution in [1.82, 2.24) is 0 Å². The number of nitro benzene ring substituents is 1. The number of nitrogens with zero attached hydrogens (tertiary/aromatic N) is 2. The minimum atomic E-state index is -0.494. The molecule has 2 unspecified atom stereocenters. The van der Waals surface area contributed by atoms with Gasteiger partial charge in [0.25, 0.3) is 5.69 Å². The van der Waals surface area contributed by atoms with Crippen LogP contribution in [-0.4, -0.2) is 23.3 Å². The second-order valence-electron chi connectivity index (χ2n) is 7.77. The molecule has 2 aromatic carbocycles. The Bertz CT molecular complexity index is 968. The fraction of sp³-hybridized carbons (Fsp3) is 0.364. The van der Waals surface area contributed by atoms with Crippen LogP contribution >= 0.6 is 11.6 Å². The average Bonchev–Trinajstić information content (AvgIpc) is 3.00. The first-order valence-corrected chi connectivity index (χ1v) is 10.5. The molecular formula is C22H22ClN3O4. The molecule has 7 nitrogen and oxygen atoms in total. The van der Waals surface area contributed by atoms with E-state index >= 15 is 0 Å². The van der Waals surface area contributed by atoms with Gasteiger partial charge in [0.2, 0.25) is 11.8 Å². The zero-order chi connectivity index (χ0) is 21.3. The number of rotatable bonds is 6. The van der Waals surface area contributed by atoms with Crippen molar-refractivity contribution in [2.45, 2.75) is 32.1 Å². The molecule has 2 fully saturated rings. The summed E-state index contributed by atoms with van der Waals surface area (Å²) in [7, 11) is 0. The van der Waals surface area contributed by atoms with Gasteiger partial charge < -0.3 is 5.32 Å². The number of nitrogens with one attached hydrogen (secondary N) is 1. The van der Waals surface area contributed by atoms with Crippen LogP contribution in [0.15, 0.2) is 42.5 Å². The third kappa shape index (κ3) is 3.89. The van der Waals surface area contributed by atoms with E-state index in [9.17, 15) is 19.7 Å². The summed E-state index contributed by atoms with van der Waals surface area (Å²) < 4.78 is 0. The Kier molecular flexibility index (Phi) is 5.72. The summed E-state index contributed by atoms with van der Waals surface area (Å²) in [5.74, 6) is -1.05. The van der Waals surface area contributed by atoms with Crippen LogP contribution in [0.5, 0.6) is 0 Å². The second kappa shape index (κ2) is 8.44. The fourth-order valence-corrected chi connectivity index (χ4v) is 4.49. The van der Waals surface area contributed by atoms with E-state index in [1.807, 2.05) is 12.1 Å². The van der Waals surface area contributed by atoms with Gasteiger partial charge in [-0.05, 0) is 49.1 Å². The number of fused-ring (bicyclic) bond motifs is 1. The van der Waals surface area contributed by atoms with E-state index in [2.05, 4.69) is 5.32 Å². The molecule has 1 heterocycles. The molecule has 2 aliphatic rings. The second-order valence-corrected chi connectivity index (χ2v) is 8.21. The maximum atomic E-state index is 12.8. The highest BCUT2D eigenvalue weighted by Crippen LogP contribution is 2.41. The third-order valence-electron chi connectivity index (χ3n) is 5.92. The maximum Gasteiger partial charge on any atom is 0.294 e. The molecule has 156 valence electrons. The Labute approximate surface area is 179 Å². The van der Waals surface area contributed by atoms with Crippen LogP contribution in [0.3, 0.4) is 0 Å². The molecule has 1 aliphatic carbocycles. The fourth-order valence-electron chi connectivity index (χ4n) is 4.37. The molecule has 4 rings (SSSR count). The van der Waals surface area contributed by atoms with Gasteiger partial charge in [0.05, 0.1) is 22.4 Å². The van der Waals surface area contributed by atoms with E-state index in [4.69, 9.17) is 11.6 Å². The van der Waals surface area contributed by atoms with Crippen molar-refractivity contribution >= 4 is 40.5 Å². The van der Waals surface area contributed by atoms with Gasteiger partial charge in [-0.2, -0.15) is 0 Å². The van der Waals surface area contributed by atoms with Gasteiger partial charge in [-0.15, -0.1) is 0 Å². The molecular weight excluding hydrogens is 406 g/mol. The molecule has 0 radical (unpaired) electrons. The Balaban J connectivity index is 1.52. The van der Waals surface area contributed by atoms with Gasteiger partial charge in [-0.3, -0.25) is 19.7 Å². The number of anilines is 2. The first-order valence-electron chi connectivity index (χ1n) is 10.1. The molecule has 0 spiro atoms. The molecule has 1 saturated carbocycles. The summed E-state index contributed by atoms with van der Waals surface area (Å²) in [6.07, 6.45) is 3.95. The molecule has 2 amide bonds. The number of imide groups is 1. The van der Waals surface area contributed by atoms with Crippen molar-refractivity contribution in [3.05, 3.63) is 63.2 Å². The molecule has 2 atom stereocenters. The van der Waals surface area contributed by atoms with E-state index in [1.165, 1.54) is 6.07 Å². The van der Waals surface area contributed by atoms with Crippen LogP contribution in [-0.2, 0) is 16.0 Å². The number of carbonyl (C=O) groups is 2. The van der Waals surface area contributed by atoms with Gasteiger partial charge in [-0.1, -0.05) is 36.6 Å². The molecule has 0 bridgehead atoms. The number of halogens is 1.